The molecule has 1 unspecified atom stereocenters. The Hall–Kier alpha value is -3.84. The zero-order valence-electron chi connectivity index (χ0n) is 15.4. The van der Waals surface area contributed by atoms with Crippen LogP contribution in [-0.2, 0) is 0 Å². The number of nitrogens with one attached hydrogen (secondary N) is 1. The Labute approximate surface area is 166 Å². The first kappa shape index (κ1) is 18.5. The zero-order valence-corrected chi connectivity index (χ0v) is 15.4. The fourth-order valence-corrected chi connectivity index (χ4v) is 3.06. The first-order valence-corrected chi connectivity index (χ1v) is 9.10. The average molecular weight is 386 g/mol. The quantitative estimate of drug-likeness (QED) is 0.377. The van der Waals surface area contributed by atoms with E-state index >= 15 is 0 Å². The maximum Gasteiger partial charge on any atom is 0.269 e. The molecule has 1 atom stereocenters. The van der Waals surface area contributed by atoms with Crippen molar-refractivity contribution in [2.75, 3.05) is 11.9 Å². The van der Waals surface area contributed by atoms with Gasteiger partial charge in [-0.3, -0.25) is 10.1 Å². The average Bonchev–Trinajstić information content (AvgIpc) is 2.77. The van der Waals surface area contributed by atoms with E-state index in [0.29, 0.717) is 17.2 Å². The molecule has 2 N–H and O–H groups in total. The van der Waals surface area contributed by atoms with Crippen molar-refractivity contribution >= 4 is 22.4 Å². The van der Waals surface area contributed by atoms with Gasteiger partial charge in [0, 0.05) is 29.6 Å². The third kappa shape index (κ3) is 4.04. The van der Waals surface area contributed by atoms with Gasteiger partial charge < -0.3 is 10.4 Å². The van der Waals surface area contributed by atoms with Gasteiger partial charge in [-0.15, -0.1) is 0 Å². The molecule has 7 nitrogen and oxygen atoms in total. The van der Waals surface area contributed by atoms with E-state index in [1.807, 2.05) is 54.6 Å². The lowest BCUT2D eigenvalue weighted by molar-refractivity contribution is -0.384. The van der Waals surface area contributed by atoms with Crippen LogP contribution in [-0.4, -0.2) is 26.5 Å². The van der Waals surface area contributed by atoms with Crippen molar-refractivity contribution in [1.29, 1.82) is 0 Å². The number of anilines is 1. The van der Waals surface area contributed by atoms with E-state index in [1.165, 1.54) is 12.1 Å². The molecular formula is C22H18N4O3. The summed E-state index contributed by atoms with van der Waals surface area (Å²) in [6.45, 7) is 0.201. The van der Waals surface area contributed by atoms with Crippen LogP contribution < -0.4 is 5.32 Å². The minimum Gasteiger partial charge on any atom is -0.387 e. The molecule has 1 heterocycles. The monoisotopic (exact) mass is 386 g/mol. The molecule has 0 saturated heterocycles. The molecule has 29 heavy (non-hydrogen) atoms. The van der Waals surface area contributed by atoms with E-state index < -0.39 is 11.0 Å². The van der Waals surface area contributed by atoms with Gasteiger partial charge in [0.05, 0.1) is 16.5 Å². The number of fused-ring (bicyclic) bond motifs is 1. The van der Waals surface area contributed by atoms with Crippen molar-refractivity contribution < 1.29 is 10.0 Å². The number of aliphatic hydroxyl groups is 1. The van der Waals surface area contributed by atoms with E-state index in [9.17, 15) is 15.2 Å². The van der Waals surface area contributed by atoms with E-state index in [0.717, 1.165) is 16.5 Å². The number of hydrogen-bond donors (Lipinski definition) is 2. The topological polar surface area (TPSA) is 101 Å². The van der Waals surface area contributed by atoms with Gasteiger partial charge in [0.15, 0.2) is 5.82 Å². The Morgan fingerprint density at radius 2 is 1.62 bits per heavy atom. The third-order valence-corrected chi connectivity index (χ3v) is 4.59. The number of nitro groups is 1. The molecular weight excluding hydrogens is 368 g/mol. The predicted molar refractivity (Wildman–Crippen MR) is 112 cm³/mol. The molecule has 0 radical (unpaired) electrons. The lowest BCUT2D eigenvalue weighted by Crippen LogP contribution is -2.14. The summed E-state index contributed by atoms with van der Waals surface area (Å²) in [6.07, 6.45) is -0.843. The van der Waals surface area contributed by atoms with Crippen LogP contribution in [0.25, 0.3) is 22.3 Å². The van der Waals surface area contributed by atoms with E-state index in [-0.39, 0.29) is 12.2 Å². The maximum absolute atomic E-state index is 10.8. The van der Waals surface area contributed by atoms with E-state index in [1.54, 1.807) is 12.1 Å². The van der Waals surface area contributed by atoms with Crippen LogP contribution in [0.3, 0.4) is 0 Å². The molecule has 0 aliphatic heterocycles. The Bertz CT molecular complexity index is 1150. The summed E-state index contributed by atoms with van der Waals surface area (Å²) in [5.41, 5.74) is 2.28. The molecule has 0 spiro atoms. The van der Waals surface area contributed by atoms with Gasteiger partial charge in [0.2, 0.25) is 0 Å². The van der Waals surface area contributed by atoms with Crippen molar-refractivity contribution in [3.05, 3.63) is 94.5 Å². The largest absolute Gasteiger partial charge is 0.387 e. The highest BCUT2D eigenvalue weighted by molar-refractivity contribution is 5.90. The standard InChI is InChI=1S/C22H18N4O3/c27-20(15-10-12-17(13-11-15)26(28)29)14-23-22-18-8-4-5-9-19(18)24-21(25-22)16-6-2-1-3-7-16/h1-13,20,27H,14H2,(H,23,24,25). The second-order valence-electron chi connectivity index (χ2n) is 6.52. The van der Waals surface area contributed by atoms with Crippen molar-refractivity contribution in [3.63, 3.8) is 0 Å². The van der Waals surface area contributed by atoms with Gasteiger partial charge in [-0.2, -0.15) is 0 Å². The lowest BCUT2D eigenvalue weighted by atomic mass is 10.1. The fourth-order valence-electron chi connectivity index (χ4n) is 3.06. The van der Waals surface area contributed by atoms with Gasteiger partial charge >= 0.3 is 0 Å². The van der Waals surface area contributed by atoms with Crippen LogP contribution in [0.4, 0.5) is 11.5 Å². The molecule has 144 valence electrons. The molecule has 4 aromatic rings. The predicted octanol–water partition coefficient (Wildman–Crippen LogP) is 4.35. The van der Waals surface area contributed by atoms with Crippen LogP contribution in [0, 0.1) is 10.1 Å². The summed E-state index contributed by atoms with van der Waals surface area (Å²) in [5.74, 6) is 1.21. The normalized spacial score (nSPS) is 11.9. The Kier molecular flexibility index (Phi) is 5.13. The van der Waals surface area contributed by atoms with Gasteiger partial charge in [0.1, 0.15) is 5.82 Å². The summed E-state index contributed by atoms with van der Waals surface area (Å²) in [6, 6.07) is 23.2. The highest BCUT2D eigenvalue weighted by Gasteiger charge is 2.13. The third-order valence-electron chi connectivity index (χ3n) is 4.59. The molecule has 1 aromatic heterocycles. The number of hydrogen-bond acceptors (Lipinski definition) is 6. The van der Waals surface area contributed by atoms with E-state index in [4.69, 9.17) is 0 Å². The Balaban J connectivity index is 1.60. The molecule has 0 bridgehead atoms. The second-order valence-corrected chi connectivity index (χ2v) is 6.52. The van der Waals surface area contributed by atoms with Crippen molar-refractivity contribution in [3.8, 4) is 11.4 Å². The molecule has 3 aromatic carbocycles. The second kappa shape index (κ2) is 8.04. The molecule has 0 aliphatic carbocycles. The molecule has 7 heteroatoms. The van der Waals surface area contributed by atoms with Crippen molar-refractivity contribution in [2.45, 2.75) is 6.10 Å². The highest BCUT2D eigenvalue weighted by atomic mass is 16.6. The summed E-state index contributed by atoms with van der Waals surface area (Å²) >= 11 is 0. The number of non-ortho nitro benzene ring substituents is 1. The van der Waals surface area contributed by atoms with Gasteiger partial charge in [0.25, 0.3) is 5.69 Å². The first-order valence-electron chi connectivity index (χ1n) is 9.10. The number of rotatable bonds is 6. The number of nitrogens with zero attached hydrogens (tertiary/aromatic N) is 3. The smallest absolute Gasteiger partial charge is 0.269 e. The number of benzene rings is 3. The minimum atomic E-state index is -0.843. The van der Waals surface area contributed by atoms with Gasteiger partial charge in [-0.25, -0.2) is 9.97 Å². The maximum atomic E-state index is 10.8. The summed E-state index contributed by atoms with van der Waals surface area (Å²) in [7, 11) is 0. The van der Waals surface area contributed by atoms with Crippen LogP contribution in [0.1, 0.15) is 11.7 Å². The first-order chi connectivity index (χ1) is 14.1. The Morgan fingerprint density at radius 1 is 0.931 bits per heavy atom. The van der Waals surface area contributed by atoms with Crippen LogP contribution in [0.5, 0.6) is 0 Å². The highest BCUT2D eigenvalue weighted by Crippen LogP contribution is 2.26. The lowest BCUT2D eigenvalue weighted by Gasteiger charge is -2.15. The van der Waals surface area contributed by atoms with Crippen molar-refractivity contribution in [1.82, 2.24) is 9.97 Å². The number of para-hydroxylation sites is 1. The summed E-state index contributed by atoms with van der Waals surface area (Å²) in [4.78, 5) is 19.6. The van der Waals surface area contributed by atoms with Crippen LogP contribution in [0.15, 0.2) is 78.9 Å². The molecule has 4 rings (SSSR count). The molecule has 0 saturated carbocycles. The molecule has 0 fully saturated rings. The van der Waals surface area contributed by atoms with E-state index in [2.05, 4.69) is 15.3 Å². The number of nitro benzene ring substituents is 1. The van der Waals surface area contributed by atoms with Crippen molar-refractivity contribution in [2.24, 2.45) is 0 Å². The summed E-state index contributed by atoms with van der Waals surface area (Å²) in [5, 5.41) is 25.3. The number of aromatic nitrogens is 2. The molecule has 0 amide bonds. The van der Waals surface area contributed by atoms with Gasteiger partial charge in [-0.05, 0) is 29.8 Å². The zero-order chi connectivity index (χ0) is 20.2. The van der Waals surface area contributed by atoms with Crippen LogP contribution >= 0.6 is 0 Å². The molecule has 0 aliphatic rings. The minimum absolute atomic E-state index is 0.0109. The van der Waals surface area contributed by atoms with Gasteiger partial charge in [-0.1, -0.05) is 42.5 Å². The SMILES string of the molecule is O=[N+]([O-])c1ccc(C(O)CNc2nc(-c3ccccc3)nc3ccccc23)cc1. The Morgan fingerprint density at radius 3 is 2.34 bits per heavy atom. The fraction of sp³-hybridized carbons (Fsp3) is 0.0909. The number of aliphatic hydroxyl groups excluding tert-OH is 1. The summed E-state index contributed by atoms with van der Waals surface area (Å²) < 4.78 is 0. The van der Waals surface area contributed by atoms with Crippen LogP contribution in [0.2, 0.25) is 0 Å².